The molecule has 0 aliphatic rings. The van der Waals surface area contributed by atoms with Gasteiger partial charge in [-0.3, -0.25) is 15.1 Å². The van der Waals surface area contributed by atoms with Crippen LogP contribution in [0.5, 0.6) is 0 Å². The topological polar surface area (TPSA) is 83.1 Å². The zero-order valence-electron chi connectivity index (χ0n) is 16.2. The average molecular weight is 406 g/mol. The van der Waals surface area contributed by atoms with Gasteiger partial charge in [0.15, 0.2) is 5.82 Å². The molecule has 0 bridgehead atoms. The Kier molecular flexibility index (Phi) is 3.86. The monoisotopic (exact) mass is 406 g/mol. The number of benzene rings is 2. The molecule has 4 heterocycles. The van der Waals surface area contributed by atoms with Crippen LogP contribution in [0.3, 0.4) is 0 Å². The lowest BCUT2D eigenvalue weighted by molar-refractivity contribution is 0.631. The van der Waals surface area contributed by atoms with Crippen molar-refractivity contribution in [3.05, 3.63) is 85.1 Å². The van der Waals surface area contributed by atoms with Crippen LogP contribution < -0.4 is 0 Å². The lowest BCUT2D eigenvalue weighted by atomic mass is 10.0. The SMILES string of the molecule is Fc1ccccc1-c1cccc2[nH]c(-c3n[nH]c4cnc(-c5ccncc5)cc34)nc12. The van der Waals surface area contributed by atoms with Crippen molar-refractivity contribution < 1.29 is 4.39 Å². The highest BCUT2D eigenvalue weighted by molar-refractivity contribution is 5.97. The summed E-state index contributed by atoms with van der Waals surface area (Å²) >= 11 is 0. The predicted molar refractivity (Wildman–Crippen MR) is 118 cm³/mol. The first-order chi connectivity index (χ1) is 15.3. The minimum atomic E-state index is -0.280. The Bertz CT molecular complexity index is 1550. The molecular weight excluding hydrogens is 391 g/mol. The van der Waals surface area contributed by atoms with E-state index in [0.717, 1.165) is 33.2 Å². The van der Waals surface area contributed by atoms with Crippen LogP contribution in [0.15, 0.2) is 79.3 Å². The highest BCUT2D eigenvalue weighted by Crippen LogP contribution is 2.33. The predicted octanol–water partition coefficient (Wildman–Crippen LogP) is 5.37. The molecule has 0 aliphatic heterocycles. The number of hydrogen-bond donors (Lipinski definition) is 2. The van der Waals surface area contributed by atoms with Gasteiger partial charge in [0.2, 0.25) is 0 Å². The lowest BCUT2D eigenvalue weighted by Gasteiger charge is -2.03. The highest BCUT2D eigenvalue weighted by Gasteiger charge is 2.17. The molecule has 0 saturated carbocycles. The van der Waals surface area contributed by atoms with E-state index in [2.05, 4.69) is 25.1 Å². The summed E-state index contributed by atoms with van der Waals surface area (Å²) in [7, 11) is 0. The van der Waals surface area contributed by atoms with Crippen molar-refractivity contribution in [1.82, 2.24) is 30.1 Å². The van der Waals surface area contributed by atoms with E-state index in [4.69, 9.17) is 4.98 Å². The number of hydrogen-bond acceptors (Lipinski definition) is 4. The van der Waals surface area contributed by atoms with Gasteiger partial charge in [-0.05, 0) is 30.3 Å². The third kappa shape index (κ3) is 2.86. The molecule has 0 spiro atoms. The van der Waals surface area contributed by atoms with E-state index in [-0.39, 0.29) is 5.82 Å². The van der Waals surface area contributed by atoms with E-state index in [1.807, 2.05) is 42.5 Å². The summed E-state index contributed by atoms with van der Waals surface area (Å²) in [6.45, 7) is 0. The zero-order chi connectivity index (χ0) is 20.8. The first kappa shape index (κ1) is 17.5. The second kappa shape index (κ2) is 6.84. The van der Waals surface area contributed by atoms with E-state index >= 15 is 0 Å². The number of pyridine rings is 2. The van der Waals surface area contributed by atoms with Crippen molar-refractivity contribution in [2.75, 3.05) is 0 Å². The van der Waals surface area contributed by atoms with Crippen molar-refractivity contribution in [1.29, 1.82) is 0 Å². The van der Waals surface area contributed by atoms with Gasteiger partial charge in [0.05, 0.1) is 28.4 Å². The Morgan fingerprint density at radius 3 is 2.55 bits per heavy atom. The van der Waals surface area contributed by atoms with Crippen molar-refractivity contribution in [2.45, 2.75) is 0 Å². The van der Waals surface area contributed by atoms with E-state index < -0.39 is 0 Å². The van der Waals surface area contributed by atoms with Gasteiger partial charge in [0, 0.05) is 34.5 Å². The van der Waals surface area contributed by atoms with Crippen molar-refractivity contribution >= 4 is 21.9 Å². The maximum Gasteiger partial charge on any atom is 0.159 e. The van der Waals surface area contributed by atoms with Gasteiger partial charge in [-0.15, -0.1) is 0 Å². The van der Waals surface area contributed by atoms with Gasteiger partial charge in [-0.25, -0.2) is 9.37 Å². The summed E-state index contributed by atoms with van der Waals surface area (Å²) in [5, 5.41) is 8.39. The molecule has 0 atom stereocenters. The minimum Gasteiger partial charge on any atom is -0.337 e. The smallest absolute Gasteiger partial charge is 0.159 e. The number of aromatic nitrogens is 6. The average Bonchev–Trinajstić information content (AvgIpc) is 3.43. The first-order valence-electron chi connectivity index (χ1n) is 9.76. The number of nitrogens with one attached hydrogen (secondary N) is 2. The molecule has 0 saturated heterocycles. The van der Waals surface area contributed by atoms with E-state index in [1.54, 1.807) is 30.7 Å². The summed E-state index contributed by atoms with van der Waals surface area (Å²) in [4.78, 5) is 16.7. The quantitative estimate of drug-likeness (QED) is 0.414. The van der Waals surface area contributed by atoms with Gasteiger partial charge in [-0.1, -0.05) is 30.3 Å². The van der Waals surface area contributed by atoms with Gasteiger partial charge in [0.25, 0.3) is 0 Å². The summed E-state index contributed by atoms with van der Waals surface area (Å²) in [6.07, 6.45) is 5.23. The largest absolute Gasteiger partial charge is 0.337 e. The molecule has 6 nitrogen and oxygen atoms in total. The fourth-order valence-corrected chi connectivity index (χ4v) is 3.82. The minimum absolute atomic E-state index is 0.280. The summed E-state index contributed by atoms with van der Waals surface area (Å²) in [5.74, 6) is 0.328. The number of fused-ring (bicyclic) bond motifs is 2. The molecule has 0 radical (unpaired) electrons. The summed E-state index contributed by atoms with van der Waals surface area (Å²) < 4.78 is 14.4. The fraction of sp³-hybridized carbons (Fsp3) is 0. The third-order valence-electron chi connectivity index (χ3n) is 5.32. The number of H-pyrrole nitrogens is 2. The molecule has 0 aliphatic carbocycles. The zero-order valence-corrected chi connectivity index (χ0v) is 16.2. The lowest BCUT2D eigenvalue weighted by Crippen LogP contribution is -1.86. The Hall–Kier alpha value is -4.39. The molecular formula is C24H15FN6. The van der Waals surface area contributed by atoms with Crippen LogP contribution in [-0.4, -0.2) is 30.1 Å². The molecule has 7 heteroatoms. The van der Waals surface area contributed by atoms with Crippen LogP contribution in [0.4, 0.5) is 4.39 Å². The molecule has 0 unspecified atom stereocenters. The van der Waals surface area contributed by atoms with Crippen LogP contribution >= 0.6 is 0 Å². The van der Waals surface area contributed by atoms with E-state index in [1.165, 1.54) is 6.07 Å². The van der Waals surface area contributed by atoms with Gasteiger partial charge in [0.1, 0.15) is 11.5 Å². The number of nitrogens with zero attached hydrogens (tertiary/aromatic N) is 4. The Balaban J connectivity index is 1.53. The number of para-hydroxylation sites is 1. The van der Waals surface area contributed by atoms with Crippen molar-refractivity contribution in [2.24, 2.45) is 0 Å². The van der Waals surface area contributed by atoms with Crippen LogP contribution in [0.25, 0.3) is 55.8 Å². The highest BCUT2D eigenvalue weighted by atomic mass is 19.1. The molecule has 0 amide bonds. The first-order valence-corrected chi connectivity index (χ1v) is 9.76. The number of halogens is 1. The van der Waals surface area contributed by atoms with Crippen molar-refractivity contribution in [3.8, 4) is 33.9 Å². The summed E-state index contributed by atoms with van der Waals surface area (Å²) in [6, 6.07) is 18.2. The van der Waals surface area contributed by atoms with Gasteiger partial charge < -0.3 is 4.98 Å². The Morgan fingerprint density at radius 1 is 0.839 bits per heavy atom. The summed E-state index contributed by atoms with van der Waals surface area (Å²) in [5.41, 5.74) is 6.04. The molecule has 31 heavy (non-hydrogen) atoms. The molecule has 6 rings (SSSR count). The molecule has 4 aromatic heterocycles. The van der Waals surface area contributed by atoms with Crippen molar-refractivity contribution in [3.63, 3.8) is 0 Å². The number of aromatic amines is 2. The third-order valence-corrected chi connectivity index (χ3v) is 5.32. The molecule has 2 aromatic carbocycles. The fourth-order valence-electron chi connectivity index (χ4n) is 3.82. The van der Waals surface area contributed by atoms with Crippen LogP contribution in [0.1, 0.15) is 0 Å². The molecule has 148 valence electrons. The maximum atomic E-state index is 14.4. The Morgan fingerprint density at radius 2 is 1.68 bits per heavy atom. The van der Waals surface area contributed by atoms with E-state index in [9.17, 15) is 4.39 Å². The van der Waals surface area contributed by atoms with Crippen LogP contribution in [-0.2, 0) is 0 Å². The second-order valence-electron chi connectivity index (χ2n) is 7.19. The Labute approximate surface area is 175 Å². The van der Waals surface area contributed by atoms with Crippen LogP contribution in [0, 0.1) is 5.82 Å². The van der Waals surface area contributed by atoms with Gasteiger partial charge >= 0.3 is 0 Å². The van der Waals surface area contributed by atoms with E-state index in [0.29, 0.717) is 22.6 Å². The normalized spacial score (nSPS) is 11.4. The van der Waals surface area contributed by atoms with Gasteiger partial charge in [-0.2, -0.15) is 5.10 Å². The molecule has 0 fully saturated rings. The number of rotatable bonds is 3. The van der Waals surface area contributed by atoms with Crippen LogP contribution in [0.2, 0.25) is 0 Å². The second-order valence-corrected chi connectivity index (χ2v) is 7.19. The number of imidazole rings is 1. The maximum absolute atomic E-state index is 14.4. The molecule has 2 N–H and O–H groups in total. The molecule has 6 aromatic rings. The standard InChI is InChI=1S/C24H15FN6/c25-18-6-2-1-4-15(18)16-5-3-7-19-22(16)29-24(28-19)23-17-12-20(14-8-10-26-11-9-14)27-13-21(17)30-31-23/h1-13H,(H,28,29)(H,30,31).